The molecule has 4 aliphatic carbocycles. The Hall–Kier alpha value is -0.0500. The van der Waals surface area contributed by atoms with Gasteiger partial charge in [-0.25, -0.2) is 8.42 Å². The second-order valence-electron chi connectivity index (χ2n) is 6.29. The maximum atomic E-state index is 11.8. The van der Waals surface area contributed by atoms with Crippen LogP contribution in [0.15, 0.2) is 0 Å². The van der Waals surface area contributed by atoms with Crippen LogP contribution in [0.25, 0.3) is 0 Å². The fraction of sp³-hybridized carbons (Fsp3) is 1.00. The van der Waals surface area contributed by atoms with Gasteiger partial charge in [-0.3, -0.25) is 0 Å². The fourth-order valence-corrected chi connectivity index (χ4v) is 6.09. The van der Waals surface area contributed by atoms with Crippen molar-refractivity contribution in [1.82, 2.24) is 0 Å². The van der Waals surface area contributed by atoms with E-state index in [4.69, 9.17) is 0 Å². The average Bonchev–Trinajstić information content (AvgIpc) is 2.22. The molecular weight excluding hydrogens is 220 g/mol. The molecule has 4 bridgehead atoms. The summed E-state index contributed by atoms with van der Waals surface area (Å²) in [7, 11) is -2.76. The summed E-state index contributed by atoms with van der Waals surface area (Å²) in [4.78, 5) is 0. The molecule has 0 spiro atoms. The normalized spacial score (nSPS) is 46.2. The van der Waals surface area contributed by atoms with Gasteiger partial charge in [0.2, 0.25) is 0 Å². The van der Waals surface area contributed by atoms with Crippen molar-refractivity contribution < 1.29 is 8.42 Å². The van der Waals surface area contributed by atoms with Gasteiger partial charge in [-0.05, 0) is 61.7 Å². The van der Waals surface area contributed by atoms with Gasteiger partial charge in [0.1, 0.15) is 9.84 Å². The van der Waals surface area contributed by atoms with Crippen molar-refractivity contribution in [3.05, 3.63) is 0 Å². The van der Waals surface area contributed by atoms with Crippen LogP contribution in [0.5, 0.6) is 0 Å². The van der Waals surface area contributed by atoms with E-state index in [0.717, 1.165) is 23.7 Å². The third-order valence-electron chi connectivity index (χ3n) is 5.31. The topological polar surface area (TPSA) is 34.1 Å². The molecule has 4 aliphatic rings. The van der Waals surface area contributed by atoms with Gasteiger partial charge < -0.3 is 0 Å². The van der Waals surface area contributed by atoms with Crippen LogP contribution in [0.2, 0.25) is 0 Å². The van der Waals surface area contributed by atoms with Crippen molar-refractivity contribution in [3.63, 3.8) is 0 Å². The Morgan fingerprint density at radius 1 is 0.938 bits per heavy atom. The molecule has 0 aromatic carbocycles. The standard InChI is InChI=1S/C13H22O2S/c1-2-16(14,15)8-13-11-4-9-3-10(6-11)7-12(13)5-9/h9-13H,2-8H2,1H3. The smallest absolute Gasteiger partial charge is 0.150 e. The highest BCUT2D eigenvalue weighted by atomic mass is 32.2. The summed E-state index contributed by atoms with van der Waals surface area (Å²) in [5.41, 5.74) is 0. The minimum atomic E-state index is -2.76. The molecule has 0 aromatic rings. The largest absolute Gasteiger partial charge is 0.229 e. The zero-order valence-electron chi connectivity index (χ0n) is 10.1. The van der Waals surface area contributed by atoms with Gasteiger partial charge in [-0.2, -0.15) is 0 Å². The minimum absolute atomic E-state index is 0.329. The molecule has 4 rings (SSSR count). The first-order valence-electron chi connectivity index (χ1n) is 6.78. The molecule has 16 heavy (non-hydrogen) atoms. The lowest BCUT2D eigenvalue weighted by Gasteiger charge is -2.54. The van der Waals surface area contributed by atoms with Gasteiger partial charge >= 0.3 is 0 Å². The van der Waals surface area contributed by atoms with Crippen LogP contribution in [0.1, 0.15) is 39.0 Å². The molecule has 0 atom stereocenters. The number of sulfone groups is 1. The van der Waals surface area contributed by atoms with E-state index in [1.165, 1.54) is 32.1 Å². The second kappa shape index (κ2) is 3.72. The maximum absolute atomic E-state index is 11.8. The molecule has 0 N–H and O–H groups in total. The van der Waals surface area contributed by atoms with Crippen LogP contribution in [-0.4, -0.2) is 19.9 Å². The fourth-order valence-electron chi connectivity index (χ4n) is 4.72. The summed E-state index contributed by atoms with van der Waals surface area (Å²) in [6, 6.07) is 0. The van der Waals surface area contributed by atoms with Crippen molar-refractivity contribution in [2.45, 2.75) is 39.0 Å². The van der Waals surface area contributed by atoms with Gasteiger partial charge in [0.05, 0.1) is 5.75 Å². The number of rotatable bonds is 3. The lowest BCUT2D eigenvalue weighted by molar-refractivity contribution is -0.0268. The first-order valence-corrected chi connectivity index (χ1v) is 8.60. The minimum Gasteiger partial charge on any atom is -0.229 e. The molecule has 0 unspecified atom stereocenters. The Bertz CT molecular complexity index is 343. The van der Waals surface area contributed by atoms with Gasteiger partial charge in [0.15, 0.2) is 0 Å². The summed E-state index contributed by atoms with van der Waals surface area (Å²) in [6.45, 7) is 1.78. The quantitative estimate of drug-likeness (QED) is 0.762. The Morgan fingerprint density at radius 2 is 1.44 bits per heavy atom. The monoisotopic (exact) mass is 242 g/mol. The molecule has 0 radical (unpaired) electrons. The van der Waals surface area contributed by atoms with Crippen LogP contribution in [0, 0.1) is 29.6 Å². The van der Waals surface area contributed by atoms with Crippen molar-refractivity contribution in [3.8, 4) is 0 Å². The molecule has 4 saturated carbocycles. The molecule has 0 amide bonds. The highest BCUT2D eigenvalue weighted by Gasteiger charge is 2.48. The van der Waals surface area contributed by atoms with Gasteiger partial charge in [0.25, 0.3) is 0 Å². The molecule has 0 aromatic heterocycles. The summed E-state index contributed by atoms with van der Waals surface area (Å²) >= 11 is 0. The van der Waals surface area contributed by atoms with Crippen molar-refractivity contribution in [1.29, 1.82) is 0 Å². The Morgan fingerprint density at radius 3 is 1.88 bits per heavy atom. The van der Waals surface area contributed by atoms with Crippen LogP contribution in [0.4, 0.5) is 0 Å². The number of hydrogen-bond acceptors (Lipinski definition) is 2. The predicted molar refractivity (Wildman–Crippen MR) is 64.9 cm³/mol. The third-order valence-corrected chi connectivity index (χ3v) is 7.08. The molecule has 0 saturated heterocycles. The molecule has 92 valence electrons. The van der Waals surface area contributed by atoms with E-state index in [2.05, 4.69) is 0 Å². The molecular formula is C13H22O2S. The third kappa shape index (κ3) is 1.81. The van der Waals surface area contributed by atoms with Crippen LogP contribution in [0.3, 0.4) is 0 Å². The maximum Gasteiger partial charge on any atom is 0.150 e. The number of hydrogen-bond donors (Lipinski definition) is 0. The van der Waals surface area contributed by atoms with E-state index in [9.17, 15) is 8.42 Å². The van der Waals surface area contributed by atoms with E-state index in [1.807, 2.05) is 0 Å². The summed E-state index contributed by atoms with van der Waals surface area (Å²) in [6.07, 6.45) is 6.77. The van der Waals surface area contributed by atoms with Crippen LogP contribution >= 0.6 is 0 Å². The second-order valence-corrected chi connectivity index (χ2v) is 8.69. The lowest BCUT2D eigenvalue weighted by Crippen LogP contribution is -2.47. The van der Waals surface area contributed by atoms with E-state index < -0.39 is 9.84 Å². The van der Waals surface area contributed by atoms with Gasteiger partial charge in [0, 0.05) is 5.75 Å². The van der Waals surface area contributed by atoms with Crippen LogP contribution < -0.4 is 0 Å². The summed E-state index contributed by atoms with van der Waals surface area (Å²) in [5, 5.41) is 0. The Kier molecular flexibility index (Phi) is 2.58. The van der Waals surface area contributed by atoms with Crippen molar-refractivity contribution in [2.24, 2.45) is 29.6 Å². The SMILES string of the molecule is CCS(=O)(=O)CC1C2CC3CC(C2)CC1C3. The average molecular weight is 242 g/mol. The van der Waals surface area contributed by atoms with Gasteiger partial charge in [-0.15, -0.1) is 0 Å². The van der Waals surface area contributed by atoms with Crippen molar-refractivity contribution >= 4 is 9.84 Å². The summed E-state index contributed by atoms with van der Waals surface area (Å²) < 4.78 is 23.6. The lowest BCUT2D eigenvalue weighted by atomic mass is 9.52. The highest BCUT2D eigenvalue weighted by Crippen LogP contribution is 2.56. The van der Waals surface area contributed by atoms with E-state index in [1.54, 1.807) is 6.92 Å². The Labute approximate surface area is 98.7 Å². The van der Waals surface area contributed by atoms with E-state index in [-0.39, 0.29) is 0 Å². The zero-order chi connectivity index (χ0) is 11.3. The first kappa shape index (κ1) is 11.1. The van der Waals surface area contributed by atoms with Crippen molar-refractivity contribution in [2.75, 3.05) is 11.5 Å². The van der Waals surface area contributed by atoms with E-state index >= 15 is 0 Å². The molecule has 4 fully saturated rings. The first-order chi connectivity index (χ1) is 7.57. The highest BCUT2D eigenvalue weighted by molar-refractivity contribution is 7.91. The van der Waals surface area contributed by atoms with Gasteiger partial charge in [-0.1, -0.05) is 6.92 Å². The van der Waals surface area contributed by atoms with E-state index in [0.29, 0.717) is 17.4 Å². The molecule has 2 nitrogen and oxygen atoms in total. The van der Waals surface area contributed by atoms with Crippen LogP contribution in [-0.2, 0) is 9.84 Å². The summed E-state index contributed by atoms with van der Waals surface area (Å²) in [5.74, 6) is 4.72. The molecule has 0 aliphatic heterocycles. The zero-order valence-corrected chi connectivity index (χ0v) is 10.9. The Balaban J connectivity index is 1.77. The predicted octanol–water partition coefficient (Wildman–Crippen LogP) is 2.49. The molecule has 3 heteroatoms. The molecule has 0 heterocycles.